The summed E-state index contributed by atoms with van der Waals surface area (Å²) in [5, 5.41) is 8.28. The van der Waals surface area contributed by atoms with Gasteiger partial charge >= 0.3 is 0 Å². The van der Waals surface area contributed by atoms with Crippen LogP contribution in [0.4, 0.5) is 0 Å². The summed E-state index contributed by atoms with van der Waals surface area (Å²) in [5.74, 6) is 6.24. The fourth-order valence-electron chi connectivity index (χ4n) is 1.01. The topological polar surface area (TPSA) is 42.2 Å². The van der Waals surface area contributed by atoms with Crippen molar-refractivity contribution in [2.24, 2.45) is 0 Å². The molecule has 0 aliphatic rings. The number of rotatable bonds is 2. The highest BCUT2D eigenvalue weighted by Gasteiger charge is 2.02. The minimum Gasteiger partial charge on any atom is -0.493 e. The molecular weight excluding hydrogens is 178 g/mol. The predicted octanol–water partition coefficient (Wildman–Crippen LogP) is 1.58. The molecule has 0 amide bonds. The highest BCUT2D eigenvalue weighted by Crippen LogP contribution is 2.26. The smallest absolute Gasteiger partial charge is 0.161 e. The highest BCUT2D eigenvalue weighted by molar-refractivity contribution is 5.49. The third kappa shape index (κ3) is 2.18. The van der Waals surface area contributed by atoms with E-state index in [2.05, 4.69) is 11.8 Å². The van der Waals surface area contributed by atoms with Crippen molar-refractivity contribution in [3.63, 3.8) is 0 Å². The number of hydrogen-bond donors (Lipinski definition) is 0. The summed E-state index contributed by atoms with van der Waals surface area (Å²) in [6.07, 6.45) is 0. The van der Waals surface area contributed by atoms with Gasteiger partial charge in [-0.2, -0.15) is 5.26 Å². The Morgan fingerprint density at radius 3 is 2.43 bits per heavy atom. The van der Waals surface area contributed by atoms with Crippen molar-refractivity contribution >= 4 is 0 Å². The SMILES string of the molecule is COc1ccc(C#CC#N)cc1OC. The van der Waals surface area contributed by atoms with Gasteiger partial charge < -0.3 is 9.47 Å². The lowest BCUT2D eigenvalue weighted by Crippen LogP contribution is -1.90. The third-order valence-corrected chi connectivity index (χ3v) is 1.65. The average Bonchev–Trinajstić information content (AvgIpc) is 2.25. The van der Waals surface area contributed by atoms with Gasteiger partial charge in [0, 0.05) is 11.5 Å². The van der Waals surface area contributed by atoms with Crippen LogP contribution >= 0.6 is 0 Å². The van der Waals surface area contributed by atoms with Crippen LogP contribution in [0.3, 0.4) is 0 Å². The molecule has 1 aromatic carbocycles. The average molecular weight is 187 g/mol. The lowest BCUT2D eigenvalue weighted by Gasteiger charge is -2.06. The molecule has 0 bridgehead atoms. The summed E-state index contributed by atoms with van der Waals surface area (Å²) in [6.45, 7) is 0. The van der Waals surface area contributed by atoms with Crippen LogP contribution in [-0.4, -0.2) is 14.2 Å². The fraction of sp³-hybridized carbons (Fsp3) is 0.182. The Bertz CT molecular complexity index is 421. The van der Waals surface area contributed by atoms with Crippen LogP contribution in [0.5, 0.6) is 11.5 Å². The van der Waals surface area contributed by atoms with Gasteiger partial charge in [-0.15, -0.1) is 0 Å². The summed E-state index contributed by atoms with van der Waals surface area (Å²) < 4.78 is 10.1. The van der Waals surface area contributed by atoms with Crippen molar-refractivity contribution in [2.75, 3.05) is 14.2 Å². The van der Waals surface area contributed by atoms with Crippen LogP contribution in [0.2, 0.25) is 0 Å². The Kier molecular flexibility index (Phi) is 3.41. The Balaban J connectivity index is 3.09. The second-order valence-corrected chi connectivity index (χ2v) is 2.43. The summed E-state index contributed by atoms with van der Waals surface area (Å²) >= 11 is 0. The molecule has 0 aliphatic heterocycles. The first-order valence-electron chi connectivity index (χ1n) is 3.94. The number of hydrogen-bond acceptors (Lipinski definition) is 3. The molecule has 0 N–H and O–H groups in total. The molecule has 0 aromatic heterocycles. The monoisotopic (exact) mass is 187 g/mol. The van der Waals surface area contributed by atoms with Crippen molar-refractivity contribution in [3.8, 4) is 29.4 Å². The highest BCUT2D eigenvalue weighted by atomic mass is 16.5. The quantitative estimate of drug-likeness (QED) is 0.660. The Morgan fingerprint density at radius 2 is 1.86 bits per heavy atom. The van der Waals surface area contributed by atoms with Crippen LogP contribution < -0.4 is 9.47 Å². The van der Waals surface area contributed by atoms with Crippen molar-refractivity contribution < 1.29 is 9.47 Å². The number of benzene rings is 1. The minimum atomic E-state index is 0.609. The molecule has 1 rings (SSSR count). The Hall–Kier alpha value is -2.13. The maximum atomic E-state index is 8.28. The van der Waals surface area contributed by atoms with Gasteiger partial charge in [-0.1, -0.05) is 5.92 Å². The zero-order chi connectivity index (χ0) is 10.4. The van der Waals surface area contributed by atoms with E-state index in [-0.39, 0.29) is 0 Å². The molecule has 14 heavy (non-hydrogen) atoms. The molecule has 0 saturated carbocycles. The van der Waals surface area contributed by atoms with E-state index in [0.29, 0.717) is 11.5 Å². The van der Waals surface area contributed by atoms with Crippen LogP contribution in [0.1, 0.15) is 5.56 Å². The predicted molar refractivity (Wildman–Crippen MR) is 52.0 cm³/mol. The van der Waals surface area contributed by atoms with E-state index in [1.807, 2.05) is 0 Å². The summed E-state index contributed by atoms with van der Waals surface area (Å²) in [6, 6.07) is 6.99. The molecule has 70 valence electrons. The molecule has 0 aliphatic carbocycles. The normalized spacial score (nSPS) is 8.07. The Morgan fingerprint density at radius 1 is 1.14 bits per heavy atom. The number of ether oxygens (including phenoxy) is 2. The fourth-order valence-corrected chi connectivity index (χ4v) is 1.01. The van der Waals surface area contributed by atoms with Gasteiger partial charge in [-0.25, -0.2) is 0 Å². The largest absolute Gasteiger partial charge is 0.493 e. The van der Waals surface area contributed by atoms with Gasteiger partial charge in [-0.3, -0.25) is 0 Å². The van der Waals surface area contributed by atoms with Crippen LogP contribution in [0, 0.1) is 23.2 Å². The summed E-state index contributed by atoms with van der Waals surface area (Å²) in [7, 11) is 3.12. The number of methoxy groups -OCH3 is 2. The van der Waals surface area contributed by atoms with E-state index in [1.165, 1.54) is 0 Å². The van der Waals surface area contributed by atoms with Crippen molar-refractivity contribution in [1.29, 1.82) is 5.26 Å². The van der Waals surface area contributed by atoms with Crippen molar-refractivity contribution in [3.05, 3.63) is 23.8 Å². The molecule has 0 unspecified atom stereocenters. The summed E-state index contributed by atoms with van der Waals surface area (Å²) in [5.41, 5.74) is 0.726. The van der Waals surface area contributed by atoms with Gasteiger partial charge in [0.15, 0.2) is 17.6 Å². The van der Waals surface area contributed by atoms with E-state index in [9.17, 15) is 0 Å². The van der Waals surface area contributed by atoms with Gasteiger partial charge in [-0.05, 0) is 18.2 Å². The first-order chi connectivity index (χ1) is 6.81. The zero-order valence-corrected chi connectivity index (χ0v) is 8.00. The Labute approximate surface area is 82.9 Å². The van der Waals surface area contributed by atoms with Gasteiger partial charge in [0.25, 0.3) is 0 Å². The van der Waals surface area contributed by atoms with E-state index < -0.39 is 0 Å². The molecule has 3 heteroatoms. The standard InChI is InChI=1S/C11H9NO2/c1-13-10-6-5-9(4-3-7-12)8-11(10)14-2/h5-6,8H,1-2H3. The maximum absolute atomic E-state index is 8.28. The lowest BCUT2D eigenvalue weighted by atomic mass is 10.2. The molecule has 0 fully saturated rings. The molecule has 0 atom stereocenters. The molecular formula is C11H9NO2. The third-order valence-electron chi connectivity index (χ3n) is 1.65. The molecule has 0 spiro atoms. The first kappa shape index (κ1) is 9.95. The molecule has 0 heterocycles. The minimum absolute atomic E-state index is 0.609. The van der Waals surface area contributed by atoms with Crippen molar-refractivity contribution in [2.45, 2.75) is 0 Å². The van der Waals surface area contributed by atoms with E-state index >= 15 is 0 Å². The zero-order valence-electron chi connectivity index (χ0n) is 8.00. The van der Waals surface area contributed by atoms with Crippen LogP contribution in [-0.2, 0) is 0 Å². The van der Waals surface area contributed by atoms with Gasteiger partial charge in [0.2, 0.25) is 0 Å². The van der Waals surface area contributed by atoms with Gasteiger partial charge in [0.05, 0.1) is 14.2 Å². The van der Waals surface area contributed by atoms with Crippen molar-refractivity contribution in [1.82, 2.24) is 0 Å². The van der Waals surface area contributed by atoms with Crippen LogP contribution in [0.25, 0.3) is 0 Å². The second kappa shape index (κ2) is 4.79. The van der Waals surface area contributed by atoms with E-state index in [0.717, 1.165) is 5.56 Å². The number of nitrogens with zero attached hydrogens (tertiary/aromatic N) is 1. The summed E-state index contributed by atoms with van der Waals surface area (Å²) in [4.78, 5) is 0. The molecule has 3 nitrogen and oxygen atoms in total. The molecule has 1 aromatic rings. The van der Waals surface area contributed by atoms with E-state index in [1.54, 1.807) is 38.5 Å². The second-order valence-electron chi connectivity index (χ2n) is 2.43. The molecule has 0 radical (unpaired) electrons. The number of nitriles is 1. The maximum Gasteiger partial charge on any atom is 0.161 e. The first-order valence-corrected chi connectivity index (χ1v) is 3.94. The van der Waals surface area contributed by atoms with Gasteiger partial charge in [0.1, 0.15) is 0 Å². The van der Waals surface area contributed by atoms with Crippen LogP contribution in [0.15, 0.2) is 18.2 Å². The lowest BCUT2D eigenvalue weighted by molar-refractivity contribution is 0.355. The van der Waals surface area contributed by atoms with E-state index in [4.69, 9.17) is 14.7 Å². The molecule has 0 saturated heterocycles.